The first-order chi connectivity index (χ1) is 15.1. The Balaban J connectivity index is 1.74. The fraction of sp³-hybridized carbons (Fsp3) is 0.200. The van der Waals surface area contributed by atoms with Crippen LogP contribution in [0.2, 0.25) is 0 Å². The number of aryl methyl sites for hydroxylation is 4. The minimum atomic E-state index is -3.79. The molecule has 3 aromatic rings. The van der Waals surface area contributed by atoms with E-state index in [1.54, 1.807) is 51.1 Å². The summed E-state index contributed by atoms with van der Waals surface area (Å²) in [7, 11) is -3.79. The number of hydrogen-bond donors (Lipinski definition) is 2. The van der Waals surface area contributed by atoms with Gasteiger partial charge >= 0.3 is 0 Å². The SMILES string of the molecule is CC(=NNS(=O)(=O)c1c(C)cc(C)cc1C)c1ccc(NC(=O)c2ccccc2C)cc1. The molecule has 0 fully saturated rings. The highest BCUT2D eigenvalue weighted by Gasteiger charge is 2.19. The van der Waals surface area contributed by atoms with Gasteiger partial charge in [-0.25, -0.2) is 0 Å². The first kappa shape index (κ1) is 23.2. The summed E-state index contributed by atoms with van der Waals surface area (Å²) in [5.74, 6) is -0.183. The second-order valence-electron chi connectivity index (χ2n) is 7.87. The van der Waals surface area contributed by atoms with Crippen LogP contribution >= 0.6 is 0 Å². The lowest BCUT2D eigenvalue weighted by atomic mass is 10.1. The average molecular weight is 450 g/mol. The predicted molar refractivity (Wildman–Crippen MR) is 129 cm³/mol. The van der Waals surface area contributed by atoms with Crippen LogP contribution in [0.3, 0.4) is 0 Å². The van der Waals surface area contributed by atoms with Gasteiger partial charge in [-0.3, -0.25) is 4.79 Å². The molecule has 3 rings (SSSR count). The van der Waals surface area contributed by atoms with E-state index in [2.05, 4.69) is 15.2 Å². The summed E-state index contributed by atoms with van der Waals surface area (Å²) in [5.41, 5.74) is 5.76. The number of rotatable bonds is 6. The van der Waals surface area contributed by atoms with Crippen LogP contribution in [0.25, 0.3) is 0 Å². The quantitative estimate of drug-likeness (QED) is 0.415. The first-order valence-electron chi connectivity index (χ1n) is 10.2. The zero-order valence-electron chi connectivity index (χ0n) is 18.9. The lowest BCUT2D eigenvalue weighted by molar-refractivity contribution is 0.102. The van der Waals surface area contributed by atoms with Crippen molar-refractivity contribution >= 4 is 27.3 Å². The Hall–Kier alpha value is -3.45. The fourth-order valence-electron chi connectivity index (χ4n) is 3.65. The Labute approximate surface area is 189 Å². The first-order valence-corrected chi connectivity index (χ1v) is 11.7. The van der Waals surface area contributed by atoms with Crippen LogP contribution in [0.5, 0.6) is 0 Å². The van der Waals surface area contributed by atoms with Gasteiger partial charge in [-0.2, -0.15) is 18.4 Å². The number of anilines is 1. The van der Waals surface area contributed by atoms with Crippen LogP contribution in [0.1, 0.15) is 45.1 Å². The Kier molecular flexibility index (Phi) is 6.79. The van der Waals surface area contributed by atoms with Crippen LogP contribution in [0, 0.1) is 27.7 Å². The molecule has 7 heteroatoms. The highest BCUT2D eigenvalue weighted by atomic mass is 32.2. The lowest BCUT2D eigenvalue weighted by Gasteiger charge is -2.12. The van der Waals surface area contributed by atoms with Crippen molar-refractivity contribution in [3.8, 4) is 0 Å². The Morgan fingerprint density at radius 2 is 1.44 bits per heavy atom. The minimum Gasteiger partial charge on any atom is -0.322 e. The molecule has 1 amide bonds. The molecule has 2 N–H and O–H groups in total. The Bertz CT molecular complexity index is 1270. The van der Waals surface area contributed by atoms with Crippen LogP contribution < -0.4 is 10.1 Å². The largest absolute Gasteiger partial charge is 0.322 e. The highest BCUT2D eigenvalue weighted by molar-refractivity contribution is 7.89. The van der Waals surface area contributed by atoms with Gasteiger partial charge in [0.05, 0.1) is 10.6 Å². The normalized spacial score (nSPS) is 11.8. The predicted octanol–water partition coefficient (Wildman–Crippen LogP) is 4.88. The van der Waals surface area contributed by atoms with Gasteiger partial charge in [-0.05, 0) is 75.1 Å². The van der Waals surface area contributed by atoms with Crippen molar-refractivity contribution in [1.29, 1.82) is 0 Å². The van der Waals surface area contributed by atoms with Crippen molar-refractivity contribution in [1.82, 2.24) is 4.83 Å². The highest BCUT2D eigenvalue weighted by Crippen LogP contribution is 2.21. The van der Waals surface area contributed by atoms with E-state index in [0.29, 0.717) is 28.1 Å². The number of amides is 1. The van der Waals surface area contributed by atoms with Gasteiger partial charge < -0.3 is 5.32 Å². The van der Waals surface area contributed by atoms with Gasteiger partial charge in [0, 0.05) is 11.3 Å². The van der Waals surface area contributed by atoms with Gasteiger partial charge in [0.15, 0.2) is 0 Å². The van der Waals surface area contributed by atoms with Crippen LogP contribution in [-0.2, 0) is 10.0 Å². The molecule has 6 nitrogen and oxygen atoms in total. The van der Waals surface area contributed by atoms with Crippen molar-refractivity contribution in [2.24, 2.45) is 5.10 Å². The summed E-state index contributed by atoms with van der Waals surface area (Å²) in [6.07, 6.45) is 0. The molecule has 0 aliphatic rings. The molecule has 0 spiro atoms. The third-order valence-electron chi connectivity index (χ3n) is 5.16. The van der Waals surface area contributed by atoms with Crippen molar-refractivity contribution in [3.63, 3.8) is 0 Å². The second-order valence-corrected chi connectivity index (χ2v) is 9.46. The molecule has 0 aromatic heterocycles. The van der Waals surface area contributed by atoms with Gasteiger partial charge in [0.1, 0.15) is 0 Å². The number of hydrogen-bond acceptors (Lipinski definition) is 4. The monoisotopic (exact) mass is 449 g/mol. The van der Waals surface area contributed by atoms with Crippen LogP contribution in [-0.4, -0.2) is 20.0 Å². The number of benzene rings is 3. The van der Waals surface area contributed by atoms with Gasteiger partial charge in [-0.15, -0.1) is 0 Å². The van der Waals surface area contributed by atoms with Crippen LogP contribution in [0.4, 0.5) is 5.69 Å². The van der Waals surface area contributed by atoms with Crippen molar-refractivity contribution in [2.45, 2.75) is 39.5 Å². The second kappa shape index (κ2) is 9.36. The van der Waals surface area contributed by atoms with Gasteiger partial charge in [-0.1, -0.05) is 48.0 Å². The molecule has 32 heavy (non-hydrogen) atoms. The smallest absolute Gasteiger partial charge is 0.277 e. The zero-order valence-corrected chi connectivity index (χ0v) is 19.7. The molecule has 0 aliphatic heterocycles. The molecule has 3 aromatic carbocycles. The van der Waals surface area contributed by atoms with Crippen molar-refractivity contribution in [3.05, 3.63) is 94.0 Å². The number of nitrogens with zero attached hydrogens (tertiary/aromatic N) is 1. The molecule has 0 saturated heterocycles. The van der Waals surface area contributed by atoms with E-state index in [4.69, 9.17) is 0 Å². The third kappa shape index (κ3) is 5.23. The summed E-state index contributed by atoms with van der Waals surface area (Å²) in [6.45, 7) is 9.08. The summed E-state index contributed by atoms with van der Waals surface area (Å²) in [4.78, 5) is 15.0. The maximum Gasteiger partial charge on any atom is 0.277 e. The molecule has 0 atom stereocenters. The number of carbonyl (C=O) groups is 1. The van der Waals surface area contributed by atoms with E-state index in [1.165, 1.54) is 0 Å². The standard InChI is InChI=1S/C25H27N3O3S/c1-16-14-18(3)24(19(4)15-16)32(30,31)28-27-20(5)21-10-12-22(13-11-21)26-25(29)23-9-7-6-8-17(23)2/h6-15,28H,1-5H3,(H,26,29). The fourth-order valence-corrected chi connectivity index (χ4v) is 4.96. The number of sulfonamides is 1. The molecule has 0 unspecified atom stereocenters. The molecule has 0 radical (unpaired) electrons. The average Bonchev–Trinajstić information content (AvgIpc) is 2.72. The maximum absolute atomic E-state index is 12.8. The van der Waals surface area contributed by atoms with E-state index in [0.717, 1.165) is 16.7 Å². The van der Waals surface area contributed by atoms with Gasteiger partial charge in [0.2, 0.25) is 0 Å². The molecule has 0 bridgehead atoms. The summed E-state index contributed by atoms with van der Waals surface area (Å²) in [5, 5.41) is 6.96. The Morgan fingerprint density at radius 3 is 2.03 bits per heavy atom. The molecule has 0 heterocycles. The molecular formula is C25H27N3O3S. The van der Waals surface area contributed by atoms with E-state index in [1.807, 2.05) is 44.2 Å². The third-order valence-corrected chi connectivity index (χ3v) is 6.67. The minimum absolute atomic E-state index is 0.183. The number of hydrazone groups is 1. The van der Waals surface area contributed by atoms with Crippen molar-refractivity contribution < 1.29 is 13.2 Å². The number of carbonyl (C=O) groups excluding carboxylic acids is 1. The summed E-state index contributed by atoms with van der Waals surface area (Å²) in [6, 6.07) is 18.1. The topological polar surface area (TPSA) is 87.6 Å². The van der Waals surface area contributed by atoms with E-state index in [9.17, 15) is 13.2 Å². The van der Waals surface area contributed by atoms with Crippen molar-refractivity contribution in [2.75, 3.05) is 5.32 Å². The van der Waals surface area contributed by atoms with E-state index >= 15 is 0 Å². The van der Waals surface area contributed by atoms with E-state index in [-0.39, 0.29) is 10.8 Å². The van der Waals surface area contributed by atoms with E-state index < -0.39 is 10.0 Å². The van der Waals surface area contributed by atoms with Gasteiger partial charge in [0.25, 0.3) is 15.9 Å². The zero-order chi connectivity index (χ0) is 23.5. The molecule has 0 aliphatic carbocycles. The Morgan fingerprint density at radius 1 is 0.844 bits per heavy atom. The number of nitrogens with one attached hydrogen (secondary N) is 2. The summed E-state index contributed by atoms with van der Waals surface area (Å²) >= 11 is 0. The molecular weight excluding hydrogens is 422 g/mol. The lowest BCUT2D eigenvalue weighted by Crippen LogP contribution is -2.22. The maximum atomic E-state index is 12.8. The molecule has 166 valence electrons. The summed E-state index contributed by atoms with van der Waals surface area (Å²) < 4.78 is 25.6. The molecule has 0 saturated carbocycles. The van der Waals surface area contributed by atoms with Crippen LogP contribution in [0.15, 0.2) is 70.7 Å².